The van der Waals surface area contributed by atoms with Crippen molar-refractivity contribution in [3.05, 3.63) is 125 Å². The Balaban J connectivity index is 1.81. The van der Waals surface area contributed by atoms with Crippen LogP contribution in [0.5, 0.6) is 5.75 Å². The zero-order chi connectivity index (χ0) is 33.1. The van der Waals surface area contributed by atoms with Crippen molar-refractivity contribution >= 4 is 39.1 Å². The molecule has 1 atom stereocenters. The van der Waals surface area contributed by atoms with E-state index < -0.39 is 28.5 Å². The maximum atomic E-state index is 14.6. The minimum atomic E-state index is -4.24. The molecule has 0 saturated carbocycles. The molecule has 10 heteroatoms. The molecule has 4 aromatic carbocycles. The minimum absolute atomic E-state index is 0.0124. The van der Waals surface area contributed by atoms with Crippen LogP contribution in [-0.2, 0) is 32.6 Å². The number of sulfonamides is 1. The smallest absolute Gasteiger partial charge is 0.264 e. The molecular formula is C36H40ClN3O5S. The predicted molar refractivity (Wildman–Crippen MR) is 183 cm³/mol. The molecule has 0 saturated heterocycles. The highest BCUT2D eigenvalue weighted by Gasteiger charge is 2.35. The van der Waals surface area contributed by atoms with E-state index in [1.807, 2.05) is 68.4 Å². The van der Waals surface area contributed by atoms with E-state index in [4.69, 9.17) is 16.3 Å². The lowest BCUT2D eigenvalue weighted by atomic mass is 10.0. The summed E-state index contributed by atoms with van der Waals surface area (Å²) in [6.07, 6.45) is 1.93. The summed E-state index contributed by atoms with van der Waals surface area (Å²) in [5.41, 5.74) is 2.85. The van der Waals surface area contributed by atoms with Crippen LogP contribution in [0, 0.1) is 6.92 Å². The van der Waals surface area contributed by atoms with Gasteiger partial charge in [0.05, 0.1) is 22.7 Å². The van der Waals surface area contributed by atoms with Gasteiger partial charge in [-0.2, -0.15) is 0 Å². The highest BCUT2D eigenvalue weighted by Crippen LogP contribution is 2.32. The molecule has 1 unspecified atom stereocenters. The van der Waals surface area contributed by atoms with Crippen molar-refractivity contribution in [3.63, 3.8) is 0 Å². The Labute approximate surface area is 277 Å². The standard InChI is InChI=1S/C36H40ClN3O5S/c1-4-5-22-38-36(42)33(23-28-15-8-6-9-16-28)39(25-29-17-13-12-14-27(29)2)35(41)26-40(30-20-21-34(45-3)32(37)24-30)46(43,44)31-18-10-7-11-19-31/h6-21,24,33H,4-5,22-23,25-26H2,1-3H3,(H,38,42). The van der Waals surface area contributed by atoms with Gasteiger partial charge in [-0.05, 0) is 60.4 Å². The summed E-state index contributed by atoms with van der Waals surface area (Å²) in [5, 5.41) is 3.19. The molecule has 1 N–H and O–H groups in total. The number of hydrogen-bond acceptors (Lipinski definition) is 5. The van der Waals surface area contributed by atoms with Crippen molar-refractivity contribution in [3.8, 4) is 5.75 Å². The number of rotatable bonds is 15. The van der Waals surface area contributed by atoms with E-state index in [2.05, 4.69) is 5.32 Å². The van der Waals surface area contributed by atoms with Crippen LogP contribution < -0.4 is 14.4 Å². The molecule has 0 aliphatic carbocycles. The van der Waals surface area contributed by atoms with Crippen LogP contribution in [0.3, 0.4) is 0 Å². The van der Waals surface area contributed by atoms with Gasteiger partial charge in [0, 0.05) is 19.5 Å². The molecule has 0 spiro atoms. The first-order chi connectivity index (χ1) is 22.1. The number of ether oxygens (including phenoxy) is 1. The molecule has 0 bridgehead atoms. The Kier molecular flexibility index (Phi) is 12.2. The summed E-state index contributed by atoms with van der Waals surface area (Å²) in [6, 6.07) is 28.7. The summed E-state index contributed by atoms with van der Waals surface area (Å²) in [7, 11) is -2.77. The first-order valence-corrected chi connectivity index (χ1v) is 17.0. The van der Waals surface area contributed by atoms with E-state index in [1.54, 1.807) is 30.3 Å². The summed E-state index contributed by atoms with van der Waals surface area (Å²) in [4.78, 5) is 29.9. The van der Waals surface area contributed by atoms with Crippen molar-refractivity contribution in [1.82, 2.24) is 10.2 Å². The number of carbonyl (C=O) groups is 2. The van der Waals surface area contributed by atoms with Crippen LogP contribution in [0.25, 0.3) is 0 Å². The first kappa shape index (κ1) is 34.5. The SMILES string of the molecule is CCCCNC(=O)C(Cc1ccccc1)N(Cc1ccccc1C)C(=O)CN(c1ccc(OC)c(Cl)c1)S(=O)(=O)c1ccccc1. The van der Waals surface area contributed by atoms with Crippen LogP contribution in [0.2, 0.25) is 5.02 Å². The lowest BCUT2D eigenvalue weighted by molar-refractivity contribution is -0.140. The molecule has 0 aromatic heterocycles. The number of unbranched alkanes of at least 4 members (excludes halogenated alkanes) is 1. The molecule has 2 amide bonds. The molecule has 0 aliphatic heterocycles. The average Bonchev–Trinajstić information content (AvgIpc) is 3.06. The van der Waals surface area contributed by atoms with Gasteiger partial charge in [-0.25, -0.2) is 8.42 Å². The van der Waals surface area contributed by atoms with Crippen LogP contribution in [0.4, 0.5) is 5.69 Å². The van der Waals surface area contributed by atoms with E-state index in [9.17, 15) is 18.0 Å². The minimum Gasteiger partial charge on any atom is -0.495 e. The summed E-state index contributed by atoms with van der Waals surface area (Å²) < 4.78 is 34.6. The molecule has 0 aliphatic rings. The predicted octanol–water partition coefficient (Wildman–Crippen LogP) is 6.41. The summed E-state index contributed by atoms with van der Waals surface area (Å²) in [5.74, 6) is -0.480. The second kappa shape index (κ2) is 16.3. The summed E-state index contributed by atoms with van der Waals surface area (Å²) >= 11 is 6.44. The Morgan fingerprint density at radius 1 is 0.913 bits per heavy atom. The van der Waals surface area contributed by atoms with Crippen LogP contribution in [0.1, 0.15) is 36.5 Å². The third-order valence-corrected chi connectivity index (χ3v) is 9.82. The molecular weight excluding hydrogens is 622 g/mol. The Bertz CT molecular complexity index is 1720. The van der Waals surface area contributed by atoms with Crippen molar-refractivity contribution in [2.45, 2.75) is 50.6 Å². The number of nitrogens with zero attached hydrogens (tertiary/aromatic N) is 2. The normalized spacial score (nSPS) is 11.8. The highest BCUT2D eigenvalue weighted by atomic mass is 35.5. The Hall–Kier alpha value is -4.34. The number of nitrogens with one attached hydrogen (secondary N) is 1. The van der Waals surface area contributed by atoms with Crippen LogP contribution in [-0.4, -0.2) is 51.4 Å². The van der Waals surface area contributed by atoms with Gasteiger partial charge in [-0.15, -0.1) is 0 Å². The molecule has 4 aromatic rings. The van der Waals surface area contributed by atoms with Gasteiger partial charge in [0.25, 0.3) is 10.0 Å². The second-order valence-corrected chi connectivity index (χ2v) is 13.2. The van der Waals surface area contributed by atoms with Gasteiger partial charge >= 0.3 is 0 Å². The van der Waals surface area contributed by atoms with Crippen molar-refractivity contribution in [2.75, 3.05) is 24.5 Å². The number of amides is 2. The fourth-order valence-corrected chi connectivity index (χ4v) is 6.77. The van der Waals surface area contributed by atoms with Crippen LogP contribution in [0.15, 0.2) is 108 Å². The largest absolute Gasteiger partial charge is 0.495 e. The van der Waals surface area contributed by atoms with Gasteiger partial charge in [-0.1, -0.05) is 97.7 Å². The van der Waals surface area contributed by atoms with E-state index >= 15 is 0 Å². The van der Waals surface area contributed by atoms with Crippen molar-refractivity contribution in [2.24, 2.45) is 0 Å². The Morgan fingerprint density at radius 3 is 2.20 bits per heavy atom. The van der Waals surface area contributed by atoms with Gasteiger partial charge in [-0.3, -0.25) is 13.9 Å². The molecule has 8 nitrogen and oxygen atoms in total. The van der Waals surface area contributed by atoms with E-state index in [0.717, 1.165) is 33.8 Å². The molecule has 4 rings (SSSR count). The maximum Gasteiger partial charge on any atom is 0.264 e. The quantitative estimate of drug-likeness (QED) is 0.149. The maximum absolute atomic E-state index is 14.6. The molecule has 242 valence electrons. The van der Waals surface area contributed by atoms with E-state index in [1.165, 1.54) is 30.2 Å². The number of methoxy groups -OCH3 is 1. The topological polar surface area (TPSA) is 96.0 Å². The third-order valence-electron chi connectivity index (χ3n) is 7.74. The number of anilines is 1. The van der Waals surface area contributed by atoms with Gasteiger partial charge in [0.2, 0.25) is 11.8 Å². The molecule has 0 heterocycles. The van der Waals surface area contributed by atoms with Crippen molar-refractivity contribution < 1.29 is 22.7 Å². The fourth-order valence-electron chi connectivity index (χ4n) is 5.09. The van der Waals surface area contributed by atoms with Gasteiger partial charge in [0.1, 0.15) is 18.3 Å². The second-order valence-electron chi connectivity index (χ2n) is 10.9. The Morgan fingerprint density at radius 2 is 1.57 bits per heavy atom. The monoisotopic (exact) mass is 661 g/mol. The zero-order valence-corrected chi connectivity index (χ0v) is 27.9. The lowest BCUT2D eigenvalue weighted by Crippen LogP contribution is -2.53. The average molecular weight is 662 g/mol. The number of halogens is 1. The number of benzene rings is 4. The number of carbonyl (C=O) groups excluding carboxylic acids is 2. The third kappa shape index (κ3) is 8.68. The van der Waals surface area contributed by atoms with E-state index in [0.29, 0.717) is 12.3 Å². The van der Waals surface area contributed by atoms with E-state index in [-0.39, 0.29) is 34.5 Å². The lowest BCUT2D eigenvalue weighted by Gasteiger charge is -2.34. The molecule has 0 fully saturated rings. The fraction of sp³-hybridized carbons (Fsp3) is 0.278. The highest BCUT2D eigenvalue weighted by molar-refractivity contribution is 7.92. The zero-order valence-electron chi connectivity index (χ0n) is 26.4. The van der Waals surface area contributed by atoms with Gasteiger partial charge in [0.15, 0.2) is 0 Å². The summed E-state index contributed by atoms with van der Waals surface area (Å²) in [6.45, 7) is 3.98. The number of aryl methyl sites for hydroxylation is 1. The molecule has 0 radical (unpaired) electrons. The first-order valence-electron chi connectivity index (χ1n) is 15.2. The molecule has 46 heavy (non-hydrogen) atoms. The van der Waals surface area contributed by atoms with Gasteiger partial charge < -0.3 is 15.0 Å². The van der Waals surface area contributed by atoms with Crippen LogP contribution >= 0.6 is 11.6 Å². The van der Waals surface area contributed by atoms with Crippen molar-refractivity contribution in [1.29, 1.82) is 0 Å². The number of hydrogen-bond donors (Lipinski definition) is 1.